The van der Waals surface area contributed by atoms with E-state index in [-0.39, 0.29) is 12.3 Å². The normalized spacial score (nSPS) is 17.8. The molecule has 1 aliphatic heterocycles. The molecular formula is C23H21N5O5. The fourth-order valence-corrected chi connectivity index (χ4v) is 3.81. The SMILES string of the molecule is CCOC(=O)C1C(C)=NC(=O)NC1c1cn(-c2ccccc2)nc1-c1ccc([N+](=O)[O-])cc1. The molecular weight excluding hydrogens is 426 g/mol. The zero-order chi connectivity index (χ0) is 23.5. The first-order valence-corrected chi connectivity index (χ1v) is 10.3. The van der Waals surface area contributed by atoms with Gasteiger partial charge in [0.05, 0.1) is 29.0 Å². The van der Waals surface area contributed by atoms with Crippen LogP contribution in [-0.4, -0.2) is 39.0 Å². The summed E-state index contributed by atoms with van der Waals surface area (Å²) in [4.78, 5) is 39.6. The minimum atomic E-state index is -0.840. The number of carbonyl (C=O) groups is 2. The molecule has 0 fully saturated rings. The molecule has 0 spiro atoms. The largest absolute Gasteiger partial charge is 0.465 e. The number of hydrogen-bond donors (Lipinski definition) is 1. The van der Waals surface area contributed by atoms with Gasteiger partial charge in [-0.05, 0) is 38.1 Å². The van der Waals surface area contributed by atoms with Gasteiger partial charge in [-0.1, -0.05) is 18.2 Å². The van der Waals surface area contributed by atoms with E-state index in [1.165, 1.54) is 12.1 Å². The molecule has 0 radical (unpaired) electrons. The van der Waals surface area contributed by atoms with Crippen molar-refractivity contribution in [3.8, 4) is 16.9 Å². The number of amides is 2. The third-order valence-electron chi connectivity index (χ3n) is 5.33. The average molecular weight is 447 g/mol. The third kappa shape index (κ3) is 4.36. The number of nitrogens with zero attached hydrogens (tertiary/aromatic N) is 4. The van der Waals surface area contributed by atoms with Gasteiger partial charge < -0.3 is 10.1 Å². The van der Waals surface area contributed by atoms with Gasteiger partial charge in [-0.2, -0.15) is 5.10 Å². The maximum Gasteiger partial charge on any atom is 0.341 e. The van der Waals surface area contributed by atoms with E-state index in [0.29, 0.717) is 22.5 Å². The van der Waals surface area contributed by atoms with Crippen molar-refractivity contribution < 1.29 is 19.2 Å². The first kappa shape index (κ1) is 21.9. The van der Waals surface area contributed by atoms with E-state index in [0.717, 1.165) is 5.69 Å². The van der Waals surface area contributed by atoms with Gasteiger partial charge in [0.25, 0.3) is 5.69 Å². The van der Waals surface area contributed by atoms with Crippen molar-refractivity contribution in [3.63, 3.8) is 0 Å². The number of nitrogens with one attached hydrogen (secondary N) is 1. The molecule has 1 aliphatic rings. The highest BCUT2D eigenvalue weighted by Gasteiger charge is 2.40. The van der Waals surface area contributed by atoms with Gasteiger partial charge in [0.2, 0.25) is 0 Å². The molecule has 1 aromatic heterocycles. The van der Waals surface area contributed by atoms with Crippen molar-refractivity contribution >= 4 is 23.4 Å². The summed E-state index contributed by atoms with van der Waals surface area (Å²) >= 11 is 0. The number of aliphatic imine (C=N–C) groups is 1. The smallest absolute Gasteiger partial charge is 0.341 e. The summed E-state index contributed by atoms with van der Waals surface area (Å²) in [6.45, 7) is 3.50. The van der Waals surface area contributed by atoms with Crippen molar-refractivity contribution in [3.05, 3.63) is 76.5 Å². The Kier molecular flexibility index (Phi) is 5.99. The van der Waals surface area contributed by atoms with E-state index in [9.17, 15) is 19.7 Å². The van der Waals surface area contributed by atoms with Crippen molar-refractivity contribution in [2.75, 3.05) is 6.61 Å². The summed E-state index contributed by atoms with van der Waals surface area (Å²) in [7, 11) is 0. The Labute approximate surface area is 189 Å². The summed E-state index contributed by atoms with van der Waals surface area (Å²) < 4.78 is 6.89. The van der Waals surface area contributed by atoms with Crippen LogP contribution in [0, 0.1) is 16.0 Å². The number of urea groups is 1. The molecule has 1 N–H and O–H groups in total. The highest BCUT2D eigenvalue weighted by Crippen LogP contribution is 2.35. The third-order valence-corrected chi connectivity index (χ3v) is 5.33. The van der Waals surface area contributed by atoms with Crippen molar-refractivity contribution in [2.24, 2.45) is 10.9 Å². The average Bonchev–Trinajstić information content (AvgIpc) is 3.25. The second-order valence-corrected chi connectivity index (χ2v) is 7.43. The van der Waals surface area contributed by atoms with E-state index >= 15 is 0 Å². The van der Waals surface area contributed by atoms with Gasteiger partial charge in [-0.25, -0.2) is 14.5 Å². The molecule has 0 bridgehead atoms. The van der Waals surface area contributed by atoms with Crippen LogP contribution in [0.1, 0.15) is 25.5 Å². The Bertz CT molecular complexity index is 1230. The fourth-order valence-electron chi connectivity index (χ4n) is 3.81. The van der Waals surface area contributed by atoms with Crippen LogP contribution < -0.4 is 5.32 Å². The second-order valence-electron chi connectivity index (χ2n) is 7.43. The van der Waals surface area contributed by atoms with Crippen LogP contribution in [0.4, 0.5) is 10.5 Å². The molecule has 2 amide bonds. The number of benzene rings is 2. The molecule has 2 unspecified atom stereocenters. The van der Waals surface area contributed by atoms with E-state index in [4.69, 9.17) is 9.84 Å². The van der Waals surface area contributed by atoms with Crippen molar-refractivity contribution in [1.29, 1.82) is 0 Å². The molecule has 168 valence electrons. The lowest BCUT2D eigenvalue weighted by atomic mass is 9.87. The molecule has 2 atom stereocenters. The number of non-ortho nitro benzene ring substituents is 1. The van der Waals surface area contributed by atoms with E-state index in [1.807, 2.05) is 30.3 Å². The first-order valence-electron chi connectivity index (χ1n) is 10.3. The highest BCUT2D eigenvalue weighted by molar-refractivity contribution is 6.08. The quantitative estimate of drug-likeness (QED) is 0.347. The number of nitro benzene ring substituents is 1. The van der Waals surface area contributed by atoms with E-state index in [1.54, 1.807) is 36.9 Å². The summed E-state index contributed by atoms with van der Waals surface area (Å²) in [5.74, 6) is -1.35. The fraction of sp³-hybridized carbons (Fsp3) is 0.217. The van der Waals surface area contributed by atoms with Gasteiger partial charge in [0.15, 0.2) is 0 Å². The van der Waals surface area contributed by atoms with Crippen LogP contribution in [0.3, 0.4) is 0 Å². The predicted molar refractivity (Wildman–Crippen MR) is 120 cm³/mol. The van der Waals surface area contributed by atoms with Crippen LogP contribution in [0.5, 0.6) is 0 Å². The lowest BCUT2D eigenvalue weighted by Crippen LogP contribution is -2.44. The molecule has 33 heavy (non-hydrogen) atoms. The second kappa shape index (κ2) is 9.03. The number of ether oxygens (including phenoxy) is 1. The van der Waals surface area contributed by atoms with Gasteiger partial charge in [-0.15, -0.1) is 0 Å². The zero-order valence-electron chi connectivity index (χ0n) is 18.0. The molecule has 10 nitrogen and oxygen atoms in total. The molecule has 4 rings (SSSR count). The van der Waals surface area contributed by atoms with Gasteiger partial charge in [-0.3, -0.25) is 14.9 Å². The molecule has 10 heteroatoms. The summed E-state index contributed by atoms with van der Waals surface area (Å²) in [5, 5.41) is 18.5. The molecule has 0 saturated carbocycles. The predicted octanol–water partition coefficient (Wildman–Crippen LogP) is 3.85. The minimum absolute atomic E-state index is 0.0545. The Balaban J connectivity index is 1.87. The maximum absolute atomic E-state index is 12.8. The number of carbonyl (C=O) groups excluding carboxylic acids is 2. The maximum atomic E-state index is 12.8. The number of nitro groups is 1. The Hall–Kier alpha value is -4.34. The molecule has 0 saturated heterocycles. The minimum Gasteiger partial charge on any atom is -0.465 e. The molecule has 2 aromatic carbocycles. The monoisotopic (exact) mass is 447 g/mol. The van der Waals surface area contributed by atoms with Crippen LogP contribution in [-0.2, 0) is 9.53 Å². The van der Waals surface area contributed by atoms with Gasteiger partial charge in [0, 0.05) is 35.2 Å². The summed E-state index contributed by atoms with van der Waals surface area (Å²) in [6, 6.07) is 13.9. The summed E-state index contributed by atoms with van der Waals surface area (Å²) in [6.07, 6.45) is 1.74. The first-order chi connectivity index (χ1) is 15.9. The molecule has 2 heterocycles. The van der Waals surface area contributed by atoms with Crippen LogP contribution in [0.15, 0.2) is 65.8 Å². The lowest BCUT2D eigenvalue weighted by molar-refractivity contribution is -0.384. The highest BCUT2D eigenvalue weighted by atomic mass is 16.6. The topological polar surface area (TPSA) is 129 Å². The Morgan fingerprint density at radius 2 is 1.88 bits per heavy atom. The van der Waals surface area contributed by atoms with Crippen LogP contribution in [0.25, 0.3) is 16.9 Å². The summed E-state index contributed by atoms with van der Waals surface area (Å²) in [5.41, 5.74) is 2.69. The van der Waals surface area contributed by atoms with E-state index < -0.39 is 28.9 Å². The lowest BCUT2D eigenvalue weighted by Gasteiger charge is -2.29. The van der Waals surface area contributed by atoms with E-state index in [2.05, 4.69) is 10.3 Å². The number of aromatic nitrogens is 2. The number of hydrogen-bond acceptors (Lipinski definition) is 6. The number of esters is 1. The molecule has 3 aromatic rings. The van der Waals surface area contributed by atoms with Gasteiger partial charge >= 0.3 is 12.0 Å². The standard InChI is InChI=1S/C23H21N5O5/c1-3-33-22(29)19-14(2)24-23(30)25-21(19)18-13-27(16-7-5-4-6-8-16)26-20(18)15-9-11-17(12-10-15)28(31)32/h4-13,19,21H,3H2,1-2H3,(H,25,30). The van der Waals surface area contributed by atoms with Crippen molar-refractivity contribution in [2.45, 2.75) is 19.9 Å². The number of rotatable bonds is 6. The Morgan fingerprint density at radius 1 is 1.18 bits per heavy atom. The molecule has 0 aliphatic carbocycles. The number of para-hydroxylation sites is 1. The van der Waals surface area contributed by atoms with Crippen molar-refractivity contribution in [1.82, 2.24) is 15.1 Å². The van der Waals surface area contributed by atoms with Crippen LogP contribution in [0.2, 0.25) is 0 Å². The van der Waals surface area contributed by atoms with Crippen LogP contribution >= 0.6 is 0 Å². The Morgan fingerprint density at radius 3 is 2.52 bits per heavy atom. The zero-order valence-corrected chi connectivity index (χ0v) is 18.0. The van der Waals surface area contributed by atoms with Gasteiger partial charge in [0.1, 0.15) is 5.92 Å².